The molecule has 3 saturated heterocycles. The monoisotopic (exact) mass is 1330 g/mol. The Balaban J connectivity index is 0.000000123. The summed E-state index contributed by atoms with van der Waals surface area (Å²) in [6, 6.07) is 34.0. The first-order valence-electron chi connectivity index (χ1n) is 28.9. The summed E-state index contributed by atoms with van der Waals surface area (Å²) in [6.07, 6.45) is 21.9. The molecule has 3 aliphatic heterocycles. The number of fused-ring (bicyclic) bond motifs is 3. The fourth-order valence-corrected chi connectivity index (χ4v) is 10.4. The van der Waals surface area contributed by atoms with Gasteiger partial charge in [0.05, 0.1) is 71.4 Å². The average Bonchev–Trinajstić information content (AvgIpc) is 1.78. The summed E-state index contributed by atoms with van der Waals surface area (Å²) < 4.78 is 69.6. The minimum Gasteiger partial charge on any atom is -0.399 e. The number of nitrogens with one attached hydrogen (secondary N) is 1. The van der Waals surface area contributed by atoms with Gasteiger partial charge < -0.3 is 19.5 Å². The van der Waals surface area contributed by atoms with Crippen molar-refractivity contribution in [2.75, 3.05) is 31.1 Å². The van der Waals surface area contributed by atoms with Crippen molar-refractivity contribution in [1.29, 1.82) is 0 Å². The van der Waals surface area contributed by atoms with Gasteiger partial charge in [-0.1, -0.05) is 29.3 Å². The highest BCUT2D eigenvalue weighted by Gasteiger charge is 2.52. The van der Waals surface area contributed by atoms with Crippen molar-refractivity contribution in [1.82, 2.24) is 79.0 Å². The lowest BCUT2D eigenvalue weighted by Gasteiger charge is -2.33. The highest BCUT2D eigenvalue weighted by Crippen LogP contribution is 2.37. The first kappa shape index (κ1) is 63.8. The molecule has 0 amide bonds. The number of hydrogen-bond acceptors (Lipinski definition) is 16. The molecule has 19 nitrogen and oxygen atoms in total. The third kappa shape index (κ3) is 15.7. The summed E-state index contributed by atoms with van der Waals surface area (Å²) in [4.78, 5) is 39.2. The van der Waals surface area contributed by atoms with Gasteiger partial charge in [-0.25, -0.2) is 61.0 Å². The predicted octanol–water partition coefficient (Wildman–Crippen LogP) is 13.2. The van der Waals surface area contributed by atoms with Gasteiger partial charge in [-0.2, -0.15) is 15.3 Å². The Morgan fingerprint density at radius 3 is 1.37 bits per heavy atom. The maximum Gasteiger partial charge on any atom is 0.496 e. The fourth-order valence-electron chi connectivity index (χ4n) is 9.77. The average molecular weight is 1340 g/mol. The first-order chi connectivity index (χ1) is 43.8. The fraction of sp³-hybridized carbons (Fsp3) is 0.250. The molecule has 0 saturated carbocycles. The second-order valence-corrected chi connectivity index (χ2v) is 23.9. The van der Waals surface area contributed by atoms with Crippen molar-refractivity contribution in [2.45, 2.75) is 76.4 Å². The Labute approximate surface area is 539 Å². The van der Waals surface area contributed by atoms with Crippen LogP contribution in [0.5, 0.6) is 0 Å². The van der Waals surface area contributed by atoms with Crippen LogP contribution >= 0.6 is 39.1 Å². The van der Waals surface area contributed by atoms with Gasteiger partial charge >= 0.3 is 7.12 Å². The van der Waals surface area contributed by atoms with E-state index in [1.807, 2.05) is 119 Å². The van der Waals surface area contributed by atoms with E-state index in [4.69, 9.17) is 37.6 Å². The Morgan fingerprint density at radius 2 is 0.945 bits per heavy atom. The van der Waals surface area contributed by atoms with Crippen LogP contribution in [0.15, 0.2) is 188 Å². The highest BCUT2D eigenvalue weighted by atomic mass is 79.9. The number of aromatic nitrogens is 15. The summed E-state index contributed by atoms with van der Waals surface area (Å²) in [5.74, 6) is -4.53. The number of anilines is 1. The van der Waals surface area contributed by atoms with E-state index in [-0.39, 0.29) is 44.3 Å². The normalized spacial score (nSPS) is 16.1. The van der Waals surface area contributed by atoms with Crippen LogP contribution in [0, 0.1) is 0 Å². The zero-order valence-corrected chi connectivity index (χ0v) is 52.8. The molecule has 15 rings (SSSR count). The number of piperidine rings is 2. The number of alkyl halides is 4. The summed E-state index contributed by atoms with van der Waals surface area (Å²) in [5, 5.41) is 17.4. The number of halogens is 7. The smallest absolute Gasteiger partial charge is 0.399 e. The van der Waals surface area contributed by atoms with E-state index in [1.165, 1.54) is 0 Å². The number of rotatable bonds is 7. The van der Waals surface area contributed by atoms with Crippen LogP contribution in [0.1, 0.15) is 53.4 Å². The molecule has 15 heterocycles. The molecule has 464 valence electrons. The molecule has 12 aromatic rings. The maximum atomic E-state index is 13.7. The molecule has 0 aromatic carbocycles. The number of imidazole rings is 3. The molecule has 3 fully saturated rings. The quantitative estimate of drug-likeness (QED) is 0.0896. The molecule has 0 unspecified atom stereocenters. The Hall–Kier alpha value is -8.72. The van der Waals surface area contributed by atoms with Crippen molar-refractivity contribution >= 4 is 74.5 Å². The molecular formula is C64H59BBrCl2F4N17O2. The summed E-state index contributed by atoms with van der Waals surface area (Å²) >= 11 is 15.0. The summed E-state index contributed by atoms with van der Waals surface area (Å²) in [6.45, 7) is 9.02. The minimum atomic E-state index is -2.66. The summed E-state index contributed by atoms with van der Waals surface area (Å²) in [7, 11) is -0.366. The molecule has 12 aromatic heterocycles. The molecule has 0 spiro atoms. The van der Waals surface area contributed by atoms with E-state index in [9.17, 15) is 17.6 Å². The van der Waals surface area contributed by atoms with Crippen LogP contribution < -0.4 is 15.7 Å². The standard InChI is InChI=1S/C21H18F2N6.C16H10ClN5.C11H15BClNO2.C11H7BrN4.C5H9F2N/c22-21(23)8-1-11-28(14-21)19-4-2-16(12-25-19)18-13-26-20-5-3-17(27-29(18)20)15-6-9-24-10-7-15;17-15-3-1-12(9-19-15)14-10-20-16-4-2-13(21-22(14)16)11-5-7-18-8-6-11;1-10(2)11(3,4)16-12(15-10)8-5-6-9(13)14-7-8;12-10-7-14-11-2-1-9(15-16(10)11)8-3-5-13-6-4-8;6-5(7)2-1-3-8-4-5/h2-7,9-10,12-13H,1,8,11,14H2;1-10H;5-7H,1-4H3;1-7H;8H,1-4H2. The van der Waals surface area contributed by atoms with Crippen LogP contribution in [0.2, 0.25) is 10.3 Å². The van der Waals surface area contributed by atoms with Gasteiger partial charge in [-0.3, -0.25) is 15.0 Å². The Morgan fingerprint density at radius 1 is 0.484 bits per heavy atom. The number of pyridine rings is 6. The third-order valence-corrected chi connectivity index (χ3v) is 16.3. The summed E-state index contributed by atoms with van der Waals surface area (Å²) in [5.41, 5.74) is 11.5. The topological polar surface area (TPSA) is 202 Å². The maximum absolute atomic E-state index is 13.7. The minimum absolute atomic E-state index is 0.0556. The van der Waals surface area contributed by atoms with E-state index in [2.05, 4.69) is 76.3 Å². The predicted molar refractivity (Wildman–Crippen MR) is 346 cm³/mol. The van der Waals surface area contributed by atoms with Crippen molar-refractivity contribution in [3.63, 3.8) is 0 Å². The lowest BCUT2D eigenvalue weighted by atomic mass is 9.80. The molecule has 0 bridgehead atoms. The molecule has 27 heteroatoms. The van der Waals surface area contributed by atoms with Gasteiger partial charge in [-0.05, 0) is 166 Å². The van der Waals surface area contributed by atoms with Gasteiger partial charge in [-0.15, -0.1) is 0 Å². The van der Waals surface area contributed by atoms with E-state index >= 15 is 0 Å². The van der Waals surface area contributed by atoms with Crippen LogP contribution in [0.3, 0.4) is 0 Å². The zero-order valence-electron chi connectivity index (χ0n) is 49.7. The molecule has 91 heavy (non-hydrogen) atoms. The molecular weight excluding hydrogens is 1280 g/mol. The molecule has 3 aliphatic rings. The van der Waals surface area contributed by atoms with Gasteiger partial charge in [0.25, 0.3) is 11.8 Å². The third-order valence-electron chi connectivity index (χ3n) is 15.3. The van der Waals surface area contributed by atoms with Crippen LogP contribution in [-0.2, 0) is 9.31 Å². The number of hydrogen-bond donors (Lipinski definition) is 1. The van der Waals surface area contributed by atoms with E-state index in [0.29, 0.717) is 35.5 Å². The lowest BCUT2D eigenvalue weighted by Crippen LogP contribution is -2.43. The molecule has 0 atom stereocenters. The van der Waals surface area contributed by atoms with Crippen molar-refractivity contribution in [2.24, 2.45) is 0 Å². The SMILES string of the molecule is Brc1cnc2ccc(-c3ccncc3)nn12.CC1(C)OB(c2ccc(Cl)nc2)OC1(C)C.Clc1ccc(-c2cnc3ccc(-c4ccncc4)nn23)cn1.FC1(F)CCCN(c2ccc(-c3cnc4ccc(-c5ccncc5)nn34)cn2)C1.FC1(F)CCCNC1. The van der Waals surface area contributed by atoms with Gasteiger partial charge in [0.1, 0.15) is 20.7 Å². The Bertz CT molecular complexity index is 4350. The van der Waals surface area contributed by atoms with Gasteiger partial charge in [0.2, 0.25) is 0 Å². The van der Waals surface area contributed by atoms with Crippen molar-refractivity contribution in [3.8, 4) is 56.3 Å². The second-order valence-electron chi connectivity index (χ2n) is 22.3. The van der Waals surface area contributed by atoms with Crippen LogP contribution in [0.25, 0.3) is 73.2 Å². The highest BCUT2D eigenvalue weighted by molar-refractivity contribution is 9.10. The van der Waals surface area contributed by atoms with Crippen molar-refractivity contribution < 1.29 is 26.9 Å². The van der Waals surface area contributed by atoms with E-state index < -0.39 is 11.8 Å². The molecule has 1 N–H and O–H groups in total. The Kier molecular flexibility index (Phi) is 19.5. The van der Waals surface area contributed by atoms with E-state index in [0.717, 1.165) is 89.8 Å². The van der Waals surface area contributed by atoms with E-state index in [1.54, 1.807) is 111 Å². The number of nitrogens with zero attached hydrogens (tertiary/aromatic N) is 16. The lowest BCUT2D eigenvalue weighted by molar-refractivity contribution is -0.0208. The first-order valence-corrected chi connectivity index (χ1v) is 30.5. The molecule has 0 radical (unpaired) electrons. The zero-order chi connectivity index (χ0) is 63.8. The van der Waals surface area contributed by atoms with Crippen molar-refractivity contribution in [3.05, 3.63) is 198 Å². The largest absolute Gasteiger partial charge is 0.496 e. The molecule has 0 aliphatic carbocycles. The van der Waals surface area contributed by atoms with Crippen LogP contribution in [0.4, 0.5) is 23.4 Å². The van der Waals surface area contributed by atoms with Gasteiger partial charge in [0.15, 0.2) is 16.9 Å². The van der Waals surface area contributed by atoms with Crippen LogP contribution in [-0.4, -0.2) is 130 Å². The second kappa shape index (κ2) is 27.8. The van der Waals surface area contributed by atoms with Gasteiger partial charge in [0, 0.05) is 108 Å².